The second kappa shape index (κ2) is 12.3. The highest BCUT2D eigenvalue weighted by atomic mass is 32.2. The Kier molecular flexibility index (Phi) is 9.83. The third kappa shape index (κ3) is 7.85. The zero-order valence-corrected chi connectivity index (χ0v) is 19.7. The summed E-state index contributed by atoms with van der Waals surface area (Å²) in [6.45, 7) is 3.15. The van der Waals surface area contributed by atoms with E-state index in [2.05, 4.69) is 4.72 Å². The summed E-state index contributed by atoms with van der Waals surface area (Å²) in [6.07, 6.45) is -0.504. The third-order valence-corrected chi connectivity index (χ3v) is 6.31. The number of nitrogens with zero attached hydrogens (tertiary/aromatic N) is 1. The van der Waals surface area contributed by atoms with Crippen molar-refractivity contribution in [2.45, 2.75) is 43.9 Å². The van der Waals surface area contributed by atoms with E-state index in [-0.39, 0.29) is 30.7 Å². The fourth-order valence-corrected chi connectivity index (χ4v) is 4.27. The van der Waals surface area contributed by atoms with Crippen LogP contribution in [0.4, 0.5) is 0 Å². The Morgan fingerprint density at radius 2 is 1.70 bits per heavy atom. The molecule has 0 radical (unpaired) electrons. The Labute approximate surface area is 194 Å². The van der Waals surface area contributed by atoms with Crippen molar-refractivity contribution in [3.8, 4) is 5.75 Å². The average molecular weight is 479 g/mol. The van der Waals surface area contributed by atoms with E-state index in [0.29, 0.717) is 5.75 Å². The fourth-order valence-electron chi connectivity index (χ4n) is 3.08. The zero-order chi connectivity index (χ0) is 24.4. The lowest BCUT2D eigenvalue weighted by molar-refractivity contribution is -0.148. The first-order valence-electron chi connectivity index (χ1n) is 10.4. The molecule has 0 bridgehead atoms. The number of nitrogens with one attached hydrogen (secondary N) is 1. The molecular formula is C23H30N2O7S. The number of carbonyl (C=O) groups excluding carboxylic acids is 2. The molecule has 0 spiro atoms. The number of benzene rings is 2. The second-order valence-electron chi connectivity index (χ2n) is 7.55. The Morgan fingerprint density at radius 1 is 1.06 bits per heavy atom. The molecule has 0 aliphatic heterocycles. The van der Waals surface area contributed by atoms with E-state index in [9.17, 15) is 23.1 Å². The summed E-state index contributed by atoms with van der Waals surface area (Å²) < 4.78 is 38.5. The largest absolute Gasteiger partial charge is 0.497 e. The molecule has 33 heavy (non-hydrogen) atoms. The highest BCUT2D eigenvalue weighted by Crippen LogP contribution is 2.17. The van der Waals surface area contributed by atoms with E-state index in [1.165, 1.54) is 36.3 Å². The number of rotatable bonds is 12. The molecule has 0 heterocycles. The molecular weight excluding hydrogens is 448 g/mol. The molecule has 1 atom stereocenters. The van der Waals surface area contributed by atoms with E-state index < -0.39 is 34.4 Å². The molecule has 2 N–H and O–H groups in total. The summed E-state index contributed by atoms with van der Waals surface area (Å²) >= 11 is 0. The maximum atomic E-state index is 13.2. The lowest BCUT2D eigenvalue weighted by Gasteiger charge is -2.30. The van der Waals surface area contributed by atoms with E-state index >= 15 is 0 Å². The zero-order valence-electron chi connectivity index (χ0n) is 18.9. The average Bonchev–Trinajstić information content (AvgIpc) is 2.80. The first-order valence-corrected chi connectivity index (χ1v) is 11.9. The number of hydrogen-bond donors (Lipinski definition) is 2. The fraction of sp³-hybridized carbons (Fsp3) is 0.391. The molecule has 0 aliphatic carbocycles. The molecule has 0 aliphatic rings. The summed E-state index contributed by atoms with van der Waals surface area (Å²) in [5.74, 6) is -0.893. The summed E-state index contributed by atoms with van der Waals surface area (Å²) in [6, 6.07) is 12.9. The number of aliphatic hydroxyl groups is 1. The molecule has 2 aromatic carbocycles. The van der Waals surface area contributed by atoms with Gasteiger partial charge < -0.3 is 19.5 Å². The van der Waals surface area contributed by atoms with Crippen LogP contribution >= 0.6 is 0 Å². The van der Waals surface area contributed by atoms with Gasteiger partial charge in [-0.15, -0.1) is 0 Å². The van der Waals surface area contributed by atoms with Gasteiger partial charge in [0.25, 0.3) is 0 Å². The predicted molar refractivity (Wildman–Crippen MR) is 122 cm³/mol. The van der Waals surface area contributed by atoms with Gasteiger partial charge in [-0.25, -0.2) is 8.42 Å². The molecule has 180 valence electrons. The third-order valence-electron chi connectivity index (χ3n) is 4.83. The number of esters is 1. The van der Waals surface area contributed by atoms with Crippen molar-refractivity contribution in [2.24, 2.45) is 0 Å². The van der Waals surface area contributed by atoms with Crippen molar-refractivity contribution < 1.29 is 32.6 Å². The Morgan fingerprint density at radius 3 is 2.24 bits per heavy atom. The van der Waals surface area contributed by atoms with Crippen LogP contribution in [0.15, 0.2) is 59.5 Å². The molecule has 0 aromatic heterocycles. The van der Waals surface area contributed by atoms with Crippen LogP contribution in [0.1, 0.15) is 25.8 Å². The minimum Gasteiger partial charge on any atom is -0.497 e. The van der Waals surface area contributed by atoms with Crippen molar-refractivity contribution >= 4 is 21.9 Å². The molecule has 2 aromatic rings. The number of carbonyl (C=O) groups is 2. The summed E-state index contributed by atoms with van der Waals surface area (Å²) in [5.41, 5.74) is 0.761. The molecule has 2 rings (SSSR count). The summed E-state index contributed by atoms with van der Waals surface area (Å²) in [5, 5.41) is 9.33. The lowest BCUT2D eigenvalue weighted by Crippen LogP contribution is -2.52. The van der Waals surface area contributed by atoms with Crippen molar-refractivity contribution in [2.75, 3.05) is 20.3 Å². The normalized spacial score (nSPS) is 12.3. The smallest absolute Gasteiger partial charge is 0.308 e. The van der Waals surface area contributed by atoms with Crippen LogP contribution in [-0.4, -0.2) is 62.6 Å². The Bertz CT molecular complexity index is 1010. The van der Waals surface area contributed by atoms with Gasteiger partial charge in [0.1, 0.15) is 18.4 Å². The standard InChI is InChI=1S/C23H30N2O7S/c1-17(2)25(13-14-26)23(28)21(15-22(27)32-16-18-7-5-4-6-8-18)24-33(29,30)20-11-9-19(31-3)10-12-20/h4-12,17,21,24,26H,13-16H2,1-3H3. The van der Waals surface area contributed by atoms with Gasteiger partial charge in [0.05, 0.1) is 25.0 Å². The van der Waals surface area contributed by atoms with Crippen molar-refractivity contribution in [3.63, 3.8) is 0 Å². The van der Waals surface area contributed by atoms with Crippen LogP contribution in [0.25, 0.3) is 0 Å². The van der Waals surface area contributed by atoms with Crippen molar-refractivity contribution in [1.29, 1.82) is 0 Å². The maximum Gasteiger partial charge on any atom is 0.308 e. The van der Waals surface area contributed by atoms with Crippen LogP contribution in [0.3, 0.4) is 0 Å². The molecule has 1 amide bonds. The second-order valence-corrected chi connectivity index (χ2v) is 9.26. The summed E-state index contributed by atoms with van der Waals surface area (Å²) in [7, 11) is -2.68. The van der Waals surface area contributed by atoms with Gasteiger partial charge in [0.15, 0.2) is 0 Å². The minimum absolute atomic E-state index is 0.00362. The van der Waals surface area contributed by atoms with Gasteiger partial charge in [-0.1, -0.05) is 30.3 Å². The SMILES string of the molecule is COc1ccc(S(=O)(=O)NC(CC(=O)OCc2ccccc2)C(=O)N(CCO)C(C)C)cc1. The van der Waals surface area contributed by atoms with Crippen LogP contribution in [-0.2, 0) is 31.0 Å². The molecule has 10 heteroatoms. The van der Waals surface area contributed by atoms with E-state index in [0.717, 1.165) is 5.56 Å². The molecule has 0 saturated heterocycles. The highest BCUT2D eigenvalue weighted by Gasteiger charge is 2.32. The maximum absolute atomic E-state index is 13.2. The molecule has 1 unspecified atom stereocenters. The number of ether oxygens (including phenoxy) is 2. The quantitative estimate of drug-likeness (QED) is 0.445. The first-order chi connectivity index (χ1) is 15.7. The monoisotopic (exact) mass is 478 g/mol. The topological polar surface area (TPSA) is 122 Å². The highest BCUT2D eigenvalue weighted by molar-refractivity contribution is 7.89. The Hall–Kier alpha value is -2.95. The Balaban J connectivity index is 2.23. The first kappa shape index (κ1) is 26.3. The number of methoxy groups -OCH3 is 1. The lowest BCUT2D eigenvalue weighted by atomic mass is 10.1. The van der Waals surface area contributed by atoms with E-state index in [1.54, 1.807) is 38.1 Å². The van der Waals surface area contributed by atoms with Crippen molar-refractivity contribution in [3.05, 3.63) is 60.2 Å². The molecule has 0 fully saturated rings. The minimum atomic E-state index is -4.14. The number of aliphatic hydroxyl groups excluding tert-OH is 1. The van der Waals surface area contributed by atoms with Gasteiger partial charge in [-0.3, -0.25) is 9.59 Å². The van der Waals surface area contributed by atoms with E-state index in [1.807, 2.05) is 6.07 Å². The van der Waals surface area contributed by atoms with Gasteiger partial charge in [-0.05, 0) is 43.7 Å². The molecule has 9 nitrogen and oxygen atoms in total. The van der Waals surface area contributed by atoms with Crippen LogP contribution in [0, 0.1) is 0 Å². The van der Waals surface area contributed by atoms with Gasteiger partial charge in [0, 0.05) is 12.6 Å². The number of sulfonamides is 1. The van der Waals surface area contributed by atoms with Gasteiger partial charge in [-0.2, -0.15) is 4.72 Å². The van der Waals surface area contributed by atoms with Crippen LogP contribution < -0.4 is 9.46 Å². The van der Waals surface area contributed by atoms with Gasteiger partial charge in [0.2, 0.25) is 15.9 Å². The molecule has 0 saturated carbocycles. The van der Waals surface area contributed by atoms with E-state index in [4.69, 9.17) is 9.47 Å². The number of amides is 1. The predicted octanol–water partition coefficient (Wildman–Crippen LogP) is 1.70. The van der Waals surface area contributed by atoms with Crippen LogP contribution in [0.2, 0.25) is 0 Å². The summed E-state index contributed by atoms with van der Waals surface area (Å²) in [4.78, 5) is 26.9. The van der Waals surface area contributed by atoms with Crippen LogP contribution in [0.5, 0.6) is 5.75 Å². The number of hydrogen-bond acceptors (Lipinski definition) is 7. The van der Waals surface area contributed by atoms with Crippen molar-refractivity contribution in [1.82, 2.24) is 9.62 Å². The van der Waals surface area contributed by atoms with Gasteiger partial charge >= 0.3 is 5.97 Å².